The van der Waals surface area contributed by atoms with Gasteiger partial charge in [-0.05, 0) is 42.2 Å². The van der Waals surface area contributed by atoms with Crippen LogP contribution >= 0.6 is 11.6 Å². The first kappa shape index (κ1) is 24.2. The second kappa shape index (κ2) is 10.9. The molecule has 0 saturated carbocycles. The van der Waals surface area contributed by atoms with E-state index in [4.69, 9.17) is 21.4 Å². The molecule has 0 spiro atoms. The summed E-state index contributed by atoms with van der Waals surface area (Å²) in [5.74, 6) is -3.19. The number of carboxylic acid groups (broad SMARTS) is 1. The summed E-state index contributed by atoms with van der Waals surface area (Å²) < 4.78 is 18.3. The highest BCUT2D eigenvalue weighted by Gasteiger charge is 2.38. The van der Waals surface area contributed by atoms with Crippen LogP contribution in [0.2, 0.25) is 5.02 Å². The number of carboxylic acids is 1. The molecule has 10 heteroatoms. The van der Waals surface area contributed by atoms with Crippen LogP contribution in [0.25, 0.3) is 0 Å². The van der Waals surface area contributed by atoms with Crippen molar-refractivity contribution in [2.75, 3.05) is 11.6 Å². The van der Waals surface area contributed by atoms with Gasteiger partial charge in [0.05, 0.1) is 12.1 Å². The van der Waals surface area contributed by atoms with Crippen LogP contribution in [0, 0.1) is 0 Å². The van der Waals surface area contributed by atoms with Gasteiger partial charge in [0.1, 0.15) is 25.4 Å². The molecule has 0 saturated heterocycles. The topological polar surface area (TPSA) is 113 Å². The lowest BCUT2D eigenvalue weighted by molar-refractivity contribution is -0.140. The predicted molar refractivity (Wildman–Crippen MR) is 118 cm³/mol. The van der Waals surface area contributed by atoms with Crippen molar-refractivity contribution in [3.8, 4) is 0 Å². The quantitative estimate of drug-likeness (QED) is 0.604. The van der Waals surface area contributed by atoms with E-state index in [1.807, 2.05) is 6.07 Å². The minimum Gasteiger partial charge on any atom is -0.481 e. The Kier molecular flexibility index (Phi) is 8.00. The van der Waals surface area contributed by atoms with Gasteiger partial charge in [0.25, 0.3) is 0 Å². The SMILES string of the molecule is O=C(O)CC(NC(=O)C1CCc2ccccc2N1C(=O)OCc1cccc(Cl)c1)C(=O)CF. The number of aliphatic carboxylic acids is 1. The number of carbonyl (C=O) groups is 4. The van der Waals surface area contributed by atoms with Crippen LogP contribution < -0.4 is 10.2 Å². The summed E-state index contributed by atoms with van der Waals surface area (Å²) in [7, 11) is 0. The summed E-state index contributed by atoms with van der Waals surface area (Å²) in [6.07, 6.45) is -0.892. The molecule has 1 aliphatic heterocycles. The van der Waals surface area contributed by atoms with Gasteiger partial charge >= 0.3 is 12.1 Å². The Labute approximate surface area is 194 Å². The maximum atomic E-state index is 13.1. The number of hydrogen-bond acceptors (Lipinski definition) is 5. The first-order valence-corrected chi connectivity index (χ1v) is 10.6. The zero-order valence-corrected chi connectivity index (χ0v) is 18.3. The van der Waals surface area contributed by atoms with Gasteiger partial charge in [0.2, 0.25) is 5.91 Å². The number of alkyl halides is 1. The van der Waals surface area contributed by atoms with E-state index < -0.39 is 48.9 Å². The Morgan fingerprint density at radius 1 is 1.18 bits per heavy atom. The van der Waals surface area contributed by atoms with E-state index in [1.54, 1.807) is 42.5 Å². The molecular formula is C23H22ClFN2O6. The van der Waals surface area contributed by atoms with Crippen molar-refractivity contribution in [3.05, 3.63) is 64.7 Å². The molecule has 0 fully saturated rings. The number of anilines is 1. The molecule has 1 aliphatic rings. The molecule has 0 aromatic heterocycles. The lowest BCUT2D eigenvalue weighted by Crippen LogP contribution is -2.55. The minimum atomic E-state index is -1.54. The number of ketones is 1. The molecule has 33 heavy (non-hydrogen) atoms. The molecule has 0 radical (unpaired) electrons. The Morgan fingerprint density at radius 3 is 2.64 bits per heavy atom. The van der Waals surface area contributed by atoms with Crippen LogP contribution in [0.1, 0.15) is 24.0 Å². The molecule has 2 aromatic carbocycles. The first-order chi connectivity index (χ1) is 15.8. The molecule has 2 aromatic rings. The van der Waals surface area contributed by atoms with Gasteiger partial charge in [-0.1, -0.05) is 41.9 Å². The Bertz CT molecular complexity index is 1060. The van der Waals surface area contributed by atoms with Crippen LogP contribution in [0.3, 0.4) is 0 Å². The first-order valence-electron chi connectivity index (χ1n) is 10.2. The number of benzene rings is 2. The lowest BCUT2D eigenvalue weighted by Gasteiger charge is -2.36. The molecule has 1 heterocycles. The second-order valence-corrected chi connectivity index (χ2v) is 7.93. The Morgan fingerprint density at radius 2 is 1.94 bits per heavy atom. The summed E-state index contributed by atoms with van der Waals surface area (Å²) in [6, 6.07) is 11.1. The Hall–Kier alpha value is -3.46. The number of para-hydroxylation sites is 1. The maximum absolute atomic E-state index is 13.1. The van der Waals surface area contributed by atoms with Crippen LogP contribution in [0.15, 0.2) is 48.5 Å². The third kappa shape index (κ3) is 6.07. The van der Waals surface area contributed by atoms with Crippen LogP contribution in [-0.2, 0) is 32.1 Å². The largest absolute Gasteiger partial charge is 0.481 e. The highest BCUT2D eigenvalue weighted by Crippen LogP contribution is 2.31. The van der Waals surface area contributed by atoms with Crippen LogP contribution in [0.4, 0.5) is 14.9 Å². The number of hydrogen-bond donors (Lipinski definition) is 2. The zero-order valence-electron chi connectivity index (χ0n) is 17.5. The van der Waals surface area contributed by atoms with Crippen molar-refractivity contribution in [1.29, 1.82) is 0 Å². The van der Waals surface area contributed by atoms with Crippen molar-refractivity contribution in [1.82, 2.24) is 5.32 Å². The monoisotopic (exact) mass is 476 g/mol. The van der Waals surface area contributed by atoms with E-state index in [2.05, 4.69) is 5.32 Å². The number of ether oxygens (including phenoxy) is 1. The fraction of sp³-hybridized carbons (Fsp3) is 0.304. The predicted octanol–water partition coefficient (Wildman–Crippen LogP) is 3.30. The van der Waals surface area contributed by atoms with E-state index in [0.29, 0.717) is 22.7 Å². The zero-order chi connectivity index (χ0) is 24.0. The fourth-order valence-corrected chi connectivity index (χ4v) is 3.86. The highest BCUT2D eigenvalue weighted by atomic mass is 35.5. The summed E-state index contributed by atoms with van der Waals surface area (Å²) >= 11 is 5.96. The standard InChI is InChI=1S/C23H22ClFN2O6/c24-16-6-3-4-14(10-16)13-33-23(32)27-18-7-2-1-5-15(18)8-9-19(27)22(31)26-17(11-21(29)30)20(28)12-25/h1-7,10,17,19H,8-9,11-13H2,(H,26,31)(H,29,30). The van der Waals surface area contributed by atoms with Gasteiger partial charge in [0.15, 0.2) is 5.78 Å². The number of nitrogens with zero attached hydrogens (tertiary/aromatic N) is 1. The van der Waals surface area contributed by atoms with Crippen LogP contribution in [-0.4, -0.2) is 47.6 Å². The molecule has 0 bridgehead atoms. The van der Waals surface area contributed by atoms with Gasteiger partial charge in [-0.15, -0.1) is 0 Å². The number of Topliss-reactive ketones (excluding diaryl/α,β-unsaturated/α-hetero) is 1. The summed E-state index contributed by atoms with van der Waals surface area (Å²) in [6.45, 7) is -1.51. The van der Waals surface area contributed by atoms with Crippen molar-refractivity contribution >= 4 is 41.0 Å². The number of carbonyl (C=O) groups excluding carboxylic acids is 3. The number of amides is 2. The molecule has 2 unspecified atom stereocenters. The number of rotatable bonds is 8. The number of fused-ring (bicyclic) bond motifs is 1. The van der Waals surface area contributed by atoms with Gasteiger partial charge in [-0.25, -0.2) is 9.18 Å². The molecule has 3 rings (SSSR count). The lowest BCUT2D eigenvalue weighted by atomic mass is 9.95. The van der Waals surface area contributed by atoms with E-state index in [0.717, 1.165) is 5.56 Å². The smallest absolute Gasteiger partial charge is 0.415 e. The molecule has 174 valence electrons. The van der Waals surface area contributed by atoms with Gasteiger partial charge in [-0.2, -0.15) is 0 Å². The van der Waals surface area contributed by atoms with Crippen molar-refractivity contribution in [2.45, 2.75) is 38.0 Å². The number of aryl methyl sites for hydroxylation is 1. The van der Waals surface area contributed by atoms with Crippen molar-refractivity contribution < 1.29 is 33.4 Å². The second-order valence-electron chi connectivity index (χ2n) is 7.50. The number of halogens is 2. The van der Waals surface area contributed by atoms with E-state index >= 15 is 0 Å². The molecular weight excluding hydrogens is 455 g/mol. The van der Waals surface area contributed by atoms with Crippen molar-refractivity contribution in [2.24, 2.45) is 0 Å². The third-order valence-electron chi connectivity index (χ3n) is 5.22. The minimum absolute atomic E-state index is 0.0889. The average molecular weight is 477 g/mol. The van der Waals surface area contributed by atoms with Crippen molar-refractivity contribution in [3.63, 3.8) is 0 Å². The molecule has 0 aliphatic carbocycles. The number of nitrogens with one attached hydrogen (secondary N) is 1. The Balaban J connectivity index is 1.83. The molecule has 2 atom stereocenters. The van der Waals surface area contributed by atoms with E-state index in [9.17, 15) is 23.6 Å². The summed E-state index contributed by atoms with van der Waals surface area (Å²) in [4.78, 5) is 50.1. The third-order valence-corrected chi connectivity index (χ3v) is 5.45. The van der Waals surface area contributed by atoms with Gasteiger partial charge < -0.3 is 15.2 Å². The normalized spacial score (nSPS) is 15.8. The van der Waals surface area contributed by atoms with E-state index in [-0.39, 0.29) is 13.0 Å². The van der Waals surface area contributed by atoms with Gasteiger partial charge in [0, 0.05) is 5.02 Å². The molecule has 2 N–H and O–H groups in total. The molecule has 2 amide bonds. The fourth-order valence-electron chi connectivity index (χ4n) is 3.64. The summed E-state index contributed by atoms with van der Waals surface area (Å²) in [5, 5.41) is 11.8. The van der Waals surface area contributed by atoms with E-state index in [1.165, 1.54) is 4.90 Å². The maximum Gasteiger partial charge on any atom is 0.415 e. The average Bonchev–Trinajstić information content (AvgIpc) is 2.80. The van der Waals surface area contributed by atoms with Crippen LogP contribution in [0.5, 0.6) is 0 Å². The highest BCUT2D eigenvalue weighted by molar-refractivity contribution is 6.30. The van der Waals surface area contributed by atoms with Gasteiger partial charge in [-0.3, -0.25) is 19.3 Å². The summed E-state index contributed by atoms with van der Waals surface area (Å²) in [5.41, 5.74) is 1.94. The molecule has 8 nitrogen and oxygen atoms in total.